The lowest BCUT2D eigenvalue weighted by molar-refractivity contribution is 0.259. The smallest absolute Gasteiger partial charge is 0.124 e. The number of para-hydroxylation sites is 1. The predicted molar refractivity (Wildman–Crippen MR) is 84.6 cm³/mol. The van der Waals surface area contributed by atoms with Crippen LogP contribution in [-0.2, 0) is 10.8 Å². The minimum Gasteiger partial charge on any atom is -0.492 e. The maximum absolute atomic E-state index is 12.6. The molecule has 1 N–H and O–H groups in total. The molecule has 4 heteroatoms. The summed E-state index contributed by atoms with van der Waals surface area (Å²) < 4.78 is 18.4. The quantitative estimate of drug-likeness (QED) is 0.877. The van der Waals surface area contributed by atoms with Crippen molar-refractivity contribution < 1.29 is 8.95 Å². The summed E-state index contributed by atoms with van der Waals surface area (Å²) in [4.78, 5) is 0. The van der Waals surface area contributed by atoms with Gasteiger partial charge in [0.1, 0.15) is 12.4 Å². The molecule has 1 heterocycles. The zero-order chi connectivity index (χ0) is 14.5. The van der Waals surface area contributed by atoms with Gasteiger partial charge in [-0.25, -0.2) is 0 Å². The lowest BCUT2D eigenvalue weighted by atomic mass is 10.0. The number of fused-ring (bicyclic) bond motifs is 1. The van der Waals surface area contributed by atoms with Crippen LogP contribution in [0, 0.1) is 5.92 Å². The number of benzene rings is 1. The normalized spacial score (nSPS) is 23.2. The van der Waals surface area contributed by atoms with Gasteiger partial charge in [0.2, 0.25) is 0 Å². The van der Waals surface area contributed by atoms with E-state index in [4.69, 9.17) is 4.74 Å². The topological polar surface area (TPSA) is 38.3 Å². The fraction of sp³-hybridized carbons (Fsp3) is 0.625. The lowest BCUT2D eigenvalue weighted by Crippen LogP contribution is -2.42. The van der Waals surface area contributed by atoms with Crippen molar-refractivity contribution in [2.45, 2.75) is 38.5 Å². The minimum absolute atomic E-state index is 0.0450. The van der Waals surface area contributed by atoms with Crippen LogP contribution < -0.4 is 10.1 Å². The van der Waals surface area contributed by atoms with Crippen LogP contribution in [0.1, 0.15) is 38.8 Å². The molecular formula is C16H25NO2S. The third kappa shape index (κ3) is 3.61. The summed E-state index contributed by atoms with van der Waals surface area (Å²) in [6.45, 7) is 7.85. The molecule has 1 aromatic carbocycles. The van der Waals surface area contributed by atoms with E-state index in [1.165, 1.54) is 0 Å². The second-order valence-electron chi connectivity index (χ2n) is 5.69. The average molecular weight is 295 g/mol. The molecule has 0 bridgehead atoms. The predicted octanol–water partition coefficient (Wildman–Crippen LogP) is 2.89. The van der Waals surface area contributed by atoms with E-state index in [0.29, 0.717) is 12.5 Å². The number of nitrogens with one attached hydrogen (secondary N) is 1. The van der Waals surface area contributed by atoms with Crippen LogP contribution in [0.25, 0.3) is 0 Å². The molecule has 1 aromatic rings. The summed E-state index contributed by atoms with van der Waals surface area (Å²) in [6.07, 6.45) is 1.00. The molecule has 0 radical (unpaired) electrons. The lowest BCUT2D eigenvalue weighted by Gasteiger charge is -2.33. The van der Waals surface area contributed by atoms with Crippen molar-refractivity contribution >= 4 is 10.8 Å². The minimum atomic E-state index is -0.853. The Hall–Kier alpha value is -0.870. The van der Waals surface area contributed by atoms with Gasteiger partial charge in [0, 0.05) is 22.1 Å². The van der Waals surface area contributed by atoms with Gasteiger partial charge in [-0.2, -0.15) is 0 Å². The van der Waals surface area contributed by atoms with Crippen molar-refractivity contribution in [1.29, 1.82) is 0 Å². The molecule has 1 aliphatic rings. The monoisotopic (exact) mass is 295 g/mol. The number of rotatable bonds is 6. The Morgan fingerprint density at radius 2 is 2.15 bits per heavy atom. The maximum Gasteiger partial charge on any atom is 0.124 e. The summed E-state index contributed by atoms with van der Waals surface area (Å²) >= 11 is 0. The van der Waals surface area contributed by atoms with Crippen LogP contribution in [0.3, 0.4) is 0 Å². The van der Waals surface area contributed by atoms with Crippen LogP contribution in [-0.4, -0.2) is 28.4 Å². The maximum atomic E-state index is 12.6. The molecule has 0 aromatic heterocycles. The van der Waals surface area contributed by atoms with Gasteiger partial charge in [-0.3, -0.25) is 4.21 Å². The van der Waals surface area contributed by atoms with Crippen molar-refractivity contribution in [2.24, 2.45) is 5.92 Å². The van der Waals surface area contributed by atoms with E-state index in [-0.39, 0.29) is 11.3 Å². The Morgan fingerprint density at radius 1 is 1.40 bits per heavy atom. The standard InChI is InChI=1S/C16H25NO2S/c1-4-17-16-13-7-5-6-8-14(13)19-11-15(16)20(18)10-9-12(2)3/h5-8,12,15-17H,4,9-11H2,1-3H3. The van der Waals surface area contributed by atoms with E-state index in [1.807, 2.05) is 18.2 Å². The molecule has 112 valence electrons. The fourth-order valence-electron chi connectivity index (χ4n) is 2.53. The number of hydrogen-bond donors (Lipinski definition) is 1. The molecule has 20 heavy (non-hydrogen) atoms. The molecule has 0 saturated carbocycles. The van der Waals surface area contributed by atoms with Gasteiger partial charge in [0.05, 0.1) is 11.3 Å². The van der Waals surface area contributed by atoms with Crippen molar-refractivity contribution in [1.82, 2.24) is 5.32 Å². The number of hydrogen-bond acceptors (Lipinski definition) is 3. The molecule has 3 nitrogen and oxygen atoms in total. The summed E-state index contributed by atoms with van der Waals surface area (Å²) in [7, 11) is -0.853. The first-order valence-corrected chi connectivity index (χ1v) is 8.84. The Morgan fingerprint density at radius 3 is 2.85 bits per heavy atom. The summed E-state index contributed by atoms with van der Waals surface area (Å²) in [5.74, 6) is 2.28. The van der Waals surface area contributed by atoms with E-state index < -0.39 is 10.8 Å². The summed E-state index contributed by atoms with van der Waals surface area (Å²) in [6, 6.07) is 8.21. The van der Waals surface area contributed by atoms with Crippen LogP contribution >= 0.6 is 0 Å². The molecule has 0 fully saturated rings. The summed E-state index contributed by atoms with van der Waals surface area (Å²) in [5.41, 5.74) is 1.14. The molecule has 0 spiro atoms. The molecule has 3 unspecified atom stereocenters. The first kappa shape index (κ1) is 15.5. The van der Waals surface area contributed by atoms with E-state index >= 15 is 0 Å². The van der Waals surface area contributed by atoms with Gasteiger partial charge in [-0.05, 0) is 24.9 Å². The third-order valence-electron chi connectivity index (χ3n) is 3.69. The van der Waals surface area contributed by atoms with Crippen molar-refractivity contribution in [3.8, 4) is 5.75 Å². The highest BCUT2D eigenvalue weighted by Gasteiger charge is 2.34. The average Bonchev–Trinajstić information content (AvgIpc) is 2.45. The fourth-order valence-corrected chi connectivity index (χ4v) is 4.30. The Balaban J connectivity index is 2.15. The van der Waals surface area contributed by atoms with Gasteiger partial charge in [0.15, 0.2) is 0 Å². The number of ether oxygens (including phenoxy) is 1. The molecular weight excluding hydrogens is 270 g/mol. The SMILES string of the molecule is CCNC1c2ccccc2OCC1S(=O)CCC(C)C. The molecule has 2 rings (SSSR count). The van der Waals surface area contributed by atoms with Gasteiger partial charge >= 0.3 is 0 Å². The highest BCUT2D eigenvalue weighted by atomic mass is 32.2. The zero-order valence-corrected chi connectivity index (χ0v) is 13.4. The zero-order valence-electron chi connectivity index (χ0n) is 12.6. The molecule has 3 atom stereocenters. The van der Waals surface area contributed by atoms with E-state index in [2.05, 4.69) is 32.2 Å². The molecule has 0 aliphatic carbocycles. The van der Waals surface area contributed by atoms with Crippen molar-refractivity contribution in [2.75, 3.05) is 18.9 Å². The van der Waals surface area contributed by atoms with E-state index in [9.17, 15) is 4.21 Å². The van der Waals surface area contributed by atoms with Crippen LogP contribution in [0.4, 0.5) is 0 Å². The van der Waals surface area contributed by atoms with Crippen LogP contribution in [0.15, 0.2) is 24.3 Å². The van der Waals surface area contributed by atoms with Gasteiger partial charge in [-0.15, -0.1) is 0 Å². The van der Waals surface area contributed by atoms with Gasteiger partial charge in [-0.1, -0.05) is 39.0 Å². The second kappa shape index (κ2) is 7.23. The summed E-state index contributed by atoms with van der Waals surface area (Å²) in [5, 5.41) is 3.53. The van der Waals surface area contributed by atoms with Gasteiger partial charge in [0.25, 0.3) is 0 Å². The Kier molecular flexibility index (Phi) is 5.61. The molecule has 0 saturated heterocycles. The van der Waals surface area contributed by atoms with Crippen LogP contribution in [0.2, 0.25) is 0 Å². The molecule has 1 aliphatic heterocycles. The Bertz CT molecular complexity index is 462. The molecule has 0 amide bonds. The second-order valence-corrected chi connectivity index (χ2v) is 7.47. The van der Waals surface area contributed by atoms with Gasteiger partial charge < -0.3 is 10.1 Å². The van der Waals surface area contributed by atoms with Crippen molar-refractivity contribution in [3.05, 3.63) is 29.8 Å². The largest absolute Gasteiger partial charge is 0.492 e. The van der Waals surface area contributed by atoms with E-state index in [1.54, 1.807) is 0 Å². The highest BCUT2D eigenvalue weighted by Crippen LogP contribution is 2.34. The van der Waals surface area contributed by atoms with Crippen molar-refractivity contribution in [3.63, 3.8) is 0 Å². The Labute approximate surface area is 124 Å². The van der Waals surface area contributed by atoms with E-state index in [0.717, 1.165) is 30.0 Å². The first-order chi connectivity index (χ1) is 9.63. The highest BCUT2D eigenvalue weighted by molar-refractivity contribution is 7.85. The first-order valence-electron chi connectivity index (χ1n) is 7.45. The third-order valence-corrected chi connectivity index (χ3v) is 5.41. The van der Waals surface area contributed by atoms with Crippen LogP contribution in [0.5, 0.6) is 5.75 Å².